The van der Waals surface area contributed by atoms with Gasteiger partial charge in [-0.2, -0.15) is 0 Å². The van der Waals surface area contributed by atoms with Gasteiger partial charge in [-0.15, -0.1) is 11.3 Å². The summed E-state index contributed by atoms with van der Waals surface area (Å²) in [6.45, 7) is -0.309. The summed E-state index contributed by atoms with van der Waals surface area (Å²) in [4.78, 5) is 4.49. The lowest BCUT2D eigenvalue weighted by molar-refractivity contribution is 0.00411. The Labute approximate surface area is 85.3 Å². The van der Waals surface area contributed by atoms with Crippen molar-refractivity contribution in [1.29, 1.82) is 0 Å². The van der Waals surface area contributed by atoms with Crippen LogP contribution in [-0.4, -0.2) is 38.1 Å². The molecule has 14 heavy (non-hydrogen) atoms. The highest BCUT2D eigenvalue weighted by Gasteiger charge is 2.20. The van der Waals surface area contributed by atoms with Gasteiger partial charge in [-0.1, -0.05) is 0 Å². The molecule has 1 heterocycles. The first-order valence-corrected chi connectivity index (χ1v) is 5.03. The summed E-state index contributed by atoms with van der Waals surface area (Å²) < 4.78 is 0. The van der Waals surface area contributed by atoms with E-state index in [4.69, 9.17) is 10.2 Å². The SMILES string of the molecule is OCCC(O)C(O)c1ncc(CO)s1. The molecule has 1 aromatic rings. The van der Waals surface area contributed by atoms with E-state index in [0.29, 0.717) is 9.88 Å². The van der Waals surface area contributed by atoms with Crippen molar-refractivity contribution in [2.45, 2.75) is 25.2 Å². The van der Waals surface area contributed by atoms with E-state index in [0.717, 1.165) is 11.3 Å². The zero-order valence-electron chi connectivity index (χ0n) is 7.50. The Kier molecular flexibility index (Phi) is 4.43. The zero-order valence-corrected chi connectivity index (χ0v) is 8.31. The van der Waals surface area contributed by atoms with Crippen molar-refractivity contribution in [1.82, 2.24) is 4.98 Å². The molecule has 6 heteroatoms. The first-order valence-electron chi connectivity index (χ1n) is 4.21. The molecule has 0 aromatic carbocycles. The van der Waals surface area contributed by atoms with E-state index in [-0.39, 0.29) is 19.6 Å². The molecule has 0 saturated heterocycles. The van der Waals surface area contributed by atoms with E-state index >= 15 is 0 Å². The maximum atomic E-state index is 9.53. The van der Waals surface area contributed by atoms with E-state index in [1.54, 1.807) is 0 Å². The molecule has 0 aliphatic rings. The third-order valence-electron chi connectivity index (χ3n) is 1.77. The first-order chi connectivity index (χ1) is 6.69. The Morgan fingerprint density at radius 3 is 2.57 bits per heavy atom. The van der Waals surface area contributed by atoms with Crippen LogP contribution in [0, 0.1) is 0 Å². The lowest BCUT2D eigenvalue weighted by Crippen LogP contribution is -2.19. The molecule has 0 radical (unpaired) electrons. The number of rotatable bonds is 5. The second-order valence-electron chi connectivity index (χ2n) is 2.85. The smallest absolute Gasteiger partial charge is 0.131 e. The van der Waals surface area contributed by atoms with Gasteiger partial charge in [-0.3, -0.25) is 0 Å². The maximum absolute atomic E-state index is 9.53. The molecule has 2 unspecified atom stereocenters. The molecule has 0 saturated carbocycles. The summed E-state index contributed by atoms with van der Waals surface area (Å²) in [5, 5.41) is 36.6. The van der Waals surface area contributed by atoms with Crippen LogP contribution < -0.4 is 0 Å². The minimum Gasteiger partial charge on any atom is -0.396 e. The molecule has 0 amide bonds. The van der Waals surface area contributed by atoms with Gasteiger partial charge in [0, 0.05) is 12.8 Å². The van der Waals surface area contributed by atoms with Crippen LogP contribution in [0.25, 0.3) is 0 Å². The topological polar surface area (TPSA) is 93.8 Å². The lowest BCUT2D eigenvalue weighted by atomic mass is 10.1. The van der Waals surface area contributed by atoms with Gasteiger partial charge >= 0.3 is 0 Å². The molecule has 5 nitrogen and oxygen atoms in total. The van der Waals surface area contributed by atoms with Gasteiger partial charge in [0.05, 0.1) is 17.6 Å². The van der Waals surface area contributed by atoms with Crippen LogP contribution in [0.1, 0.15) is 22.4 Å². The van der Waals surface area contributed by atoms with Crippen molar-refractivity contribution in [2.24, 2.45) is 0 Å². The van der Waals surface area contributed by atoms with Crippen molar-refractivity contribution in [3.63, 3.8) is 0 Å². The number of aliphatic hydroxyl groups is 4. The molecule has 80 valence electrons. The molecular formula is C8H13NO4S. The minimum absolute atomic E-state index is 0.106. The molecule has 4 N–H and O–H groups in total. The van der Waals surface area contributed by atoms with Crippen molar-refractivity contribution in [3.05, 3.63) is 16.1 Å². The van der Waals surface area contributed by atoms with Crippen molar-refractivity contribution in [2.75, 3.05) is 6.61 Å². The summed E-state index contributed by atoms with van der Waals surface area (Å²) in [6.07, 6.45) is -0.547. The Bertz CT molecular complexity index is 278. The highest BCUT2D eigenvalue weighted by atomic mass is 32.1. The Morgan fingerprint density at radius 2 is 2.07 bits per heavy atom. The zero-order chi connectivity index (χ0) is 10.6. The van der Waals surface area contributed by atoms with Crippen LogP contribution in [-0.2, 0) is 6.61 Å². The summed E-state index contributed by atoms with van der Waals surface area (Å²) in [5.41, 5.74) is 0. The largest absolute Gasteiger partial charge is 0.396 e. The molecular weight excluding hydrogens is 206 g/mol. The Balaban J connectivity index is 2.63. The van der Waals surface area contributed by atoms with Gasteiger partial charge in [0.1, 0.15) is 11.1 Å². The van der Waals surface area contributed by atoms with Crippen LogP contribution >= 0.6 is 11.3 Å². The van der Waals surface area contributed by atoms with Crippen molar-refractivity contribution < 1.29 is 20.4 Å². The van der Waals surface area contributed by atoms with Crippen LogP contribution in [0.3, 0.4) is 0 Å². The van der Waals surface area contributed by atoms with Gasteiger partial charge in [0.15, 0.2) is 0 Å². The second kappa shape index (κ2) is 5.38. The molecule has 0 bridgehead atoms. The summed E-state index contributed by atoms with van der Waals surface area (Å²) >= 11 is 1.14. The predicted molar refractivity (Wildman–Crippen MR) is 50.7 cm³/mol. The third kappa shape index (κ3) is 2.73. The molecule has 0 spiro atoms. The van der Waals surface area contributed by atoms with Crippen LogP contribution in [0.2, 0.25) is 0 Å². The lowest BCUT2D eigenvalue weighted by Gasteiger charge is -2.13. The second-order valence-corrected chi connectivity index (χ2v) is 3.99. The van der Waals surface area contributed by atoms with Gasteiger partial charge < -0.3 is 20.4 Å². The van der Waals surface area contributed by atoms with Crippen LogP contribution in [0.4, 0.5) is 0 Å². The van der Waals surface area contributed by atoms with Gasteiger partial charge in [0.2, 0.25) is 0 Å². The standard InChI is InChI=1S/C8H13NO4S/c10-2-1-6(12)7(13)8-9-3-5(4-11)14-8/h3,6-7,10-13H,1-2,4H2. The average molecular weight is 219 g/mol. The number of aliphatic hydroxyl groups excluding tert-OH is 4. The molecule has 0 fully saturated rings. The highest BCUT2D eigenvalue weighted by Crippen LogP contribution is 2.23. The number of aromatic nitrogens is 1. The molecule has 1 aromatic heterocycles. The molecule has 1 rings (SSSR count). The van der Waals surface area contributed by atoms with E-state index < -0.39 is 12.2 Å². The Hall–Kier alpha value is -0.530. The normalized spacial score (nSPS) is 15.4. The summed E-state index contributed by atoms with van der Waals surface area (Å²) in [6, 6.07) is 0. The highest BCUT2D eigenvalue weighted by molar-refractivity contribution is 7.11. The minimum atomic E-state index is -1.09. The van der Waals surface area contributed by atoms with Crippen molar-refractivity contribution in [3.8, 4) is 0 Å². The van der Waals surface area contributed by atoms with Crippen LogP contribution in [0.15, 0.2) is 6.20 Å². The van der Waals surface area contributed by atoms with E-state index in [2.05, 4.69) is 4.98 Å². The molecule has 0 aliphatic heterocycles. The van der Waals surface area contributed by atoms with E-state index in [9.17, 15) is 10.2 Å². The van der Waals surface area contributed by atoms with Gasteiger partial charge in [-0.25, -0.2) is 4.98 Å². The predicted octanol–water partition coefficient (Wildman–Crippen LogP) is -0.588. The monoisotopic (exact) mass is 219 g/mol. The third-order valence-corrected chi connectivity index (χ3v) is 2.82. The number of thiazole rings is 1. The van der Waals surface area contributed by atoms with Crippen molar-refractivity contribution >= 4 is 11.3 Å². The quantitative estimate of drug-likeness (QED) is 0.531. The van der Waals surface area contributed by atoms with Crippen LogP contribution in [0.5, 0.6) is 0 Å². The average Bonchev–Trinajstić information content (AvgIpc) is 2.65. The molecule has 2 atom stereocenters. The first kappa shape index (κ1) is 11.5. The Morgan fingerprint density at radius 1 is 1.36 bits per heavy atom. The number of hydrogen-bond acceptors (Lipinski definition) is 6. The number of nitrogens with zero attached hydrogens (tertiary/aromatic N) is 1. The summed E-state index contributed by atoms with van der Waals surface area (Å²) in [5.74, 6) is 0. The van der Waals surface area contributed by atoms with Gasteiger partial charge in [-0.05, 0) is 6.42 Å². The number of hydrogen-bond donors (Lipinski definition) is 4. The maximum Gasteiger partial charge on any atom is 0.131 e. The fraction of sp³-hybridized carbons (Fsp3) is 0.625. The van der Waals surface area contributed by atoms with Gasteiger partial charge in [0.25, 0.3) is 0 Å². The fourth-order valence-electron chi connectivity index (χ4n) is 0.987. The summed E-state index contributed by atoms with van der Waals surface area (Å²) in [7, 11) is 0. The van der Waals surface area contributed by atoms with E-state index in [1.165, 1.54) is 6.20 Å². The van der Waals surface area contributed by atoms with E-state index in [1.807, 2.05) is 0 Å². The fourth-order valence-corrected chi connectivity index (χ4v) is 1.81. The molecule has 0 aliphatic carbocycles.